The second-order valence-electron chi connectivity index (χ2n) is 7.05. The fraction of sp³-hybridized carbons (Fsp3) is 0.160. The number of carbonyl (C=O) groups excluding carboxylic acids is 1. The van der Waals surface area contributed by atoms with Crippen molar-refractivity contribution in [1.29, 1.82) is 0 Å². The minimum atomic E-state index is -0.115. The molecule has 1 heterocycles. The third-order valence-corrected chi connectivity index (χ3v) is 5.33. The average Bonchev–Trinajstić information content (AvgIpc) is 3.23. The number of ether oxygens (including phenoxy) is 2. The number of nitrogens with one attached hydrogen (secondary N) is 2. The molecule has 0 radical (unpaired) electrons. The summed E-state index contributed by atoms with van der Waals surface area (Å²) in [7, 11) is 3.26. The van der Waals surface area contributed by atoms with Crippen LogP contribution in [0, 0.1) is 0 Å². The fourth-order valence-electron chi connectivity index (χ4n) is 3.67. The monoisotopic (exact) mass is 400 g/mol. The molecule has 5 nitrogen and oxygen atoms in total. The highest BCUT2D eigenvalue weighted by Crippen LogP contribution is 2.31. The summed E-state index contributed by atoms with van der Waals surface area (Å²) in [6.07, 6.45) is 2.03. The van der Waals surface area contributed by atoms with Crippen molar-refractivity contribution in [2.24, 2.45) is 0 Å². The molecule has 1 aromatic heterocycles. The van der Waals surface area contributed by atoms with Crippen molar-refractivity contribution in [3.8, 4) is 11.5 Å². The van der Waals surface area contributed by atoms with Crippen molar-refractivity contribution in [3.05, 3.63) is 95.7 Å². The molecule has 0 aliphatic carbocycles. The number of H-pyrrole nitrogens is 1. The zero-order chi connectivity index (χ0) is 20.9. The number of fused-ring (bicyclic) bond motifs is 1. The van der Waals surface area contributed by atoms with E-state index in [-0.39, 0.29) is 11.8 Å². The molecule has 0 saturated carbocycles. The van der Waals surface area contributed by atoms with Gasteiger partial charge in [-0.2, -0.15) is 0 Å². The van der Waals surface area contributed by atoms with Gasteiger partial charge in [0, 0.05) is 35.1 Å². The van der Waals surface area contributed by atoms with Gasteiger partial charge in [0.2, 0.25) is 0 Å². The van der Waals surface area contributed by atoms with Crippen LogP contribution in [0.5, 0.6) is 11.5 Å². The molecule has 1 atom stereocenters. The van der Waals surface area contributed by atoms with E-state index in [2.05, 4.69) is 22.4 Å². The summed E-state index contributed by atoms with van der Waals surface area (Å²) in [6, 6.07) is 23.3. The maximum absolute atomic E-state index is 12.7. The molecule has 4 rings (SSSR count). The van der Waals surface area contributed by atoms with E-state index in [0.29, 0.717) is 12.1 Å². The molecule has 0 aliphatic heterocycles. The molecule has 152 valence electrons. The molecule has 0 fully saturated rings. The first kappa shape index (κ1) is 19.6. The maximum Gasteiger partial charge on any atom is 0.251 e. The maximum atomic E-state index is 12.7. The third kappa shape index (κ3) is 4.01. The standard InChI is InChI=1S/C25H24N2O3/c1-29-19-11-7-17(8-12-19)22(23-16-26-24-6-4-3-5-21(23)24)15-27-25(28)18-9-13-20(30-2)14-10-18/h3-14,16,22,26H,15H2,1-2H3,(H,27,28). The smallest absolute Gasteiger partial charge is 0.251 e. The Labute approximate surface area is 175 Å². The summed E-state index contributed by atoms with van der Waals surface area (Å²) >= 11 is 0. The van der Waals surface area contributed by atoms with E-state index >= 15 is 0 Å². The first-order chi connectivity index (χ1) is 14.7. The van der Waals surface area contributed by atoms with E-state index in [4.69, 9.17) is 9.47 Å². The highest BCUT2D eigenvalue weighted by molar-refractivity contribution is 5.94. The van der Waals surface area contributed by atoms with Gasteiger partial charge in [0.25, 0.3) is 5.91 Å². The number of carbonyl (C=O) groups is 1. The van der Waals surface area contributed by atoms with Crippen LogP contribution in [0.3, 0.4) is 0 Å². The van der Waals surface area contributed by atoms with Crippen molar-refractivity contribution in [2.45, 2.75) is 5.92 Å². The molecule has 30 heavy (non-hydrogen) atoms. The Morgan fingerprint density at radius 2 is 1.53 bits per heavy atom. The van der Waals surface area contributed by atoms with Crippen LogP contribution in [0.2, 0.25) is 0 Å². The first-order valence-corrected chi connectivity index (χ1v) is 9.82. The number of aromatic amines is 1. The van der Waals surface area contributed by atoms with Crippen molar-refractivity contribution < 1.29 is 14.3 Å². The lowest BCUT2D eigenvalue weighted by molar-refractivity contribution is 0.0952. The largest absolute Gasteiger partial charge is 0.497 e. The summed E-state index contributed by atoms with van der Waals surface area (Å²) in [5.41, 5.74) is 3.93. The number of hydrogen-bond donors (Lipinski definition) is 2. The first-order valence-electron chi connectivity index (χ1n) is 9.82. The lowest BCUT2D eigenvalue weighted by Crippen LogP contribution is -2.28. The molecule has 4 aromatic rings. The lowest BCUT2D eigenvalue weighted by atomic mass is 9.90. The summed E-state index contributed by atoms with van der Waals surface area (Å²) in [5, 5.41) is 4.24. The van der Waals surface area contributed by atoms with Gasteiger partial charge >= 0.3 is 0 Å². The molecule has 0 aliphatic rings. The van der Waals surface area contributed by atoms with E-state index in [1.165, 1.54) is 0 Å². The zero-order valence-electron chi connectivity index (χ0n) is 17.0. The van der Waals surface area contributed by atoms with Crippen molar-refractivity contribution >= 4 is 16.8 Å². The van der Waals surface area contributed by atoms with E-state index in [0.717, 1.165) is 33.5 Å². The van der Waals surface area contributed by atoms with Crippen molar-refractivity contribution in [3.63, 3.8) is 0 Å². The molecule has 1 unspecified atom stereocenters. The van der Waals surface area contributed by atoms with Gasteiger partial charge in [-0.25, -0.2) is 0 Å². The number of rotatable bonds is 7. The number of para-hydroxylation sites is 1. The van der Waals surface area contributed by atoms with Crippen LogP contribution >= 0.6 is 0 Å². The number of hydrogen-bond acceptors (Lipinski definition) is 3. The Bertz CT molecular complexity index is 1130. The van der Waals surface area contributed by atoms with E-state index < -0.39 is 0 Å². The van der Waals surface area contributed by atoms with E-state index in [1.807, 2.05) is 42.6 Å². The van der Waals surface area contributed by atoms with Gasteiger partial charge < -0.3 is 19.8 Å². The van der Waals surface area contributed by atoms with Crippen LogP contribution in [0.4, 0.5) is 0 Å². The predicted molar refractivity (Wildman–Crippen MR) is 118 cm³/mol. The van der Waals surface area contributed by atoms with Crippen LogP contribution in [0.25, 0.3) is 10.9 Å². The van der Waals surface area contributed by atoms with Gasteiger partial charge in [0.05, 0.1) is 14.2 Å². The van der Waals surface area contributed by atoms with Crippen LogP contribution in [-0.2, 0) is 0 Å². The summed E-state index contributed by atoms with van der Waals surface area (Å²) < 4.78 is 10.5. The average molecular weight is 400 g/mol. The molecule has 2 N–H and O–H groups in total. The van der Waals surface area contributed by atoms with Gasteiger partial charge in [-0.05, 0) is 53.6 Å². The second-order valence-corrected chi connectivity index (χ2v) is 7.05. The quantitative estimate of drug-likeness (QED) is 0.471. The van der Waals surface area contributed by atoms with Gasteiger partial charge in [0.1, 0.15) is 11.5 Å². The Balaban J connectivity index is 1.62. The Morgan fingerprint density at radius 3 is 2.20 bits per heavy atom. The zero-order valence-corrected chi connectivity index (χ0v) is 17.0. The van der Waals surface area contributed by atoms with E-state index in [1.54, 1.807) is 38.5 Å². The minimum Gasteiger partial charge on any atom is -0.497 e. The van der Waals surface area contributed by atoms with Gasteiger partial charge in [0.15, 0.2) is 0 Å². The molecule has 5 heteroatoms. The van der Waals surface area contributed by atoms with Crippen molar-refractivity contribution in [2.75, 3.05) is 20.8 Å². The van der Waals surface area contributed by atoms with Crippen LogP contribution < -0.4 is 14.8 Å². The fourth-order valence-corrected chi connectivity index (χ4v) is 3.67. The van der Waals surface area contributed by atoms with Crippen molar-refractivity contribution in [1.82, 2.24) is 10.3 Å². The summed E-state index contributed by atoms with van der Waals surface area (Å²) in [6.45, 7) is 0.471. The molecular weight excluding hydrogens is 376 g/mol. The van der Waals surface area contributed by atoms with Gasteiger partial charge in [-0.3, -0.25) is 4.79 Å². The third-order valence-electron chi connectivity index (χ3n) is 5.33. The van der Waals surface area contributed by atoms with Crippen LogP contribution in [0.1, 0.15) is 27.4 Å². The lowest BCUT2D eigenvalue weighted by Gasteiger charge is -2.19. The number of methoxy groups -OCH3 is 2. The highest BCUT2D eigenvalue weighted by Gasteiger charge is 2.19. The summed E-state index contributed by atoms with van der Waals surface area (Å²) in [5.74, 6) is 1.41. The Kier molecular flexibility index (Phi) is 5.70. The molecule has 0 spiro atoms. The van der Waals surface area contributed by atoms with Gasteiger partial charge in [-0.1, -0.05) is 30.3 Å². The molecule has 0 saturated heterocycles. The summed E-state index contributed by atoms with van der Waals surface area (Å²) in [4.78, 5) is 16.1. The van der Waals surface area contributed by atoms with Crippen LogP contribution in [-0.4, -0.2) is 31.7 Å². The number of amides is 1. The van der Waals surface area contributed by atoms with Gasteiger partial charge in [-0.15, -0.1) is 0 Å². The van der Waals surface area contributed by atoms with E-state index in [9.17, 15) is 4.79 Å². The highest BCUT2D eigenvalue weighted by atomic mass is 16.5. The topological polar surface area (TPSA) is 63.4 Å². The van der Waals surface area contributed by atoms with Crippen LogP contribution in [0.15, 0.2) is 79.0 Å². The molecular formula is C25H24N2O3. The molecule has 0 bridgehead atoms. The second kappa shape index (κ2) is 8.74. The SMILES string of the molecule is COc1ccc(C(=O)NCC(c2ccc(OC)cc2)c2c[nH]c3ccccc23)cc1. The number of benzene rings is 3. The Hall–Kier alpha value is -3.73. The Morgan fingerprint density at radius 1 is 0.900 bits per heavy atom. The predicted octanol–water partition coefficient (Wildman–Crippen LogP) is 4.75. The molecule has 1 amide bonds. The normalized spacial score (nSPS) is 11.8. The number of aromatic nitrogens is 1. The molecule has 3 aromatic carbocycles. The minimum absolute atomic E-state index is 0.00532.